The number of aromatic nitrogens is 2. The van der Waals surface area contributed by atoms with Crippen molar-refractivity contribution in [2.75, 3.05) is 5.32 Å². The van der Waals surface area contributed by atoms with Gasteiger partial charge in [0.2, 0.25) is 5.91 Å². The Bertz CT molecular complexity index is 1010. The number of fused-ring (bicyclic) bond motifs is 5. The number of halogens is 1. The van der Waals surface area contributed by atoms with Gasteiger partial charge in [0.1, 0.15) is 5.82 Å². The molecule has 0 saturated heterocycles. The molecule has 0 aliphatic heterocycles. The lowest BCUT2D eigenvalue weighted by Gasteiger charge is -2.51. The number of hydrogen-bond acceptors (Lipinski definition) is 3. The third-order valence-corrected chi connectivity index (χ3v) is 8.34. The smallest absolute Gasteiger partial charge is 0.225 e. The van der Waals surface area contributed by atoms with Gasteiger partial charge in [0, 0.05) is 18.8 Å². The standard InChI is InChI=1S/C26H30FN3O/c1-16-13-18(4-8-24(31)30-23-15-28-11-12-29-23)25-22-6-3-17-14-19(27)5-7-20(17)21(22)9-10-26(16,25)2/h5,7,11-12,14-15,18,21-22,25H,1,3-4,6,8-10,13H2,2H3,(H,29,30,31)/t18-,21?,22?,25?,26-/m1/s1. The molecule has 1 aromatic carbocycles. The normalized spacial score (nSPS) is 31.5. The summed E-state index contributed by atoms with van der Waals surface area (Å²) < 4.78 is 13.8. The van der Waals surface area contributed by atoms with E-state index in [1.807, 2.05) is 6.07 Å². The van der Waals surface area contributed by atoms with E-state index < -0.39 is 0 Å². The first-order valence-corrected chi connectivity index (χ1v) is 11.5. The molecule has 5 rings (SSSR count). The van der Waals surface area contributed by atoms with Gasteiger partial charge >= 0.3 is 0 Å². The van der Waals surface area contributed by atoms with Crippen LogP contribution in [0, 0.1) is 29.0 Å². The van der Waals surface area contributed by atoms with Gasteiger partial charge in [-0.3, -0.25) is 9.78 Å². The topological polar surface area (TPSA) is 54.9 Å². The number of carbonyl (C=O) groups is 1. The van der Waals surface area contributed by atoms with Crippen LogP contribution in [-0.4, -0.2) is 15.9 Å². The molecule has 4 nitrogen and oxygen atoms in total. The molecule has 31 heavy (non-hydrogen) atoms. The highest BCUT2D eigenvalue weighted by molar-refractivity contribution is 5.89. The van der Waals surface area contributed by atoms with Gasteiger partial charge in [-0.25, -0.2) is 9.37 Å². The molecule has 1 aromatic heterocycles. The molecule has 0 radical (unpaired) electrons. The minimum Gasteiger partial charge on any atom is -0.309 e. The van der Waals surface area contributed by atoms with Gasteiger partial charge in [-0.15, -0.1) is 0 Å². The molecular weight excluding hydrogens is 389 g/mol. The van der Waals surface area contributed by atoms with Crippen molar-refractivity contribution in [1.29, 1.82) is 0 Å². The maximum Gasteiger partial charge on any atom is 0.225 e. The molecule has 1 N–H and O–H groups in total. The van der Waals surface area contributed by atoms with Gasteiger partial charge < -0.3 is 5.32 Å². The Labute approximate surface area is 183 Å². The molecule has 5 heteroatoms. The van der Waals surface area contributed by atoms with Gasteiger partial charge in [0.05, 0.1) is 6.20 Å². The molecule has 2 aromatic rings. The molecule has 3 unspecified atom stereocenters. The van der Waals surface area contributed by atoms with Crippen molar-refractivity contribution in [1.82, 2.24) is 9.97 Å². The Hall–Kier alpha value is -2.56. The van der Waals surface area contributed by atoms with Crippen molar-refractivity contribution < 1.29 is 9.18 Å². The minimum atomic E-state index is -0.126. The summed E-state index contributed by atoms with van der Waals surface area (Å²) in [4.78, 5) is 20.7. The number of aryl methyl sites for hydroxylation is 1. The summed E-state index contributed by atoms with van der Waals surface area (Å²) in [6, 6.07) is 5.38. The molecule has 2 fully saturated rings. The van der Waals surface area contributed by atoms with E-state index in [0.29, 0.717) is 35.9 Å². The number of amides is 1. The molecule has 1 amide bonds. The van der Waals surface area contributed by atoms with Crippen molar-refractivity contribution in [3.05, 3.63) is 65.9 Å². The van der Waals surface area contributed by atoms with Crippen LogP contribution in [0.3, 0.4) is 0 Å². The van der Waals surface area contributed by atoms with Crippen LogP contribution in [-0.2, 0) is 11.2 Å². The molecule has 3 aliphatic rings. The molecule has 0 spiro atoms. The Balaban J connectivity index is 1.33. The van der Waals surface area contributed by atoms with Gasteiger partial charge in [-0.1, -0.05) is 25.1 Å². The first-order chi connectivity index (χ1) is 15.0. The first kappa shape index (κ1) is 20.3. The summed E-state index contributed by atoms with van der Waals surface area (Å²) in [6.07, 6.45) is 11.5. The van der Waals surface area contributed by atoms with E-state index in [2.05, 4.69) is 28.8 Å². The maximum atomic E-state index is 13.8. The van der Waals surface area contributed by atoms with Gasteiger partial charge in [0.25, 0.3) is 0 Å². The lowest BCUT2D eigenvalue weighted by Crippen LogP contribution is -2.42. The lowest BCUT2D eigenvalue weighted by molar-refractivity contribution is -0.116. The largest absolute Gasteiger partial charge is 0.309 e. The van der Waals surface area contributed by atoms with Crippen LogP contribution >= 0.6 is 0 Å². The van der Waals surface area contributed by atoms with Crippen LogP contribution in [0.4, 0.5) is 10.2 Å². The first-order valence-electron chi connectivity index (χ1n) is 11.5. The highest BCUT2D eigenvalue weighted by atomic mass is 19.1. The summed E-state index contributed by atoms with van der Waals surface area (Å²) in [5.41, 5.74) is 4.07. The average Bonchev–Trinajstić information content (AvgIpc) is 3.02. The number of anilines is 1. The van der Waals surface area contributed by atoms with Crippen LogP contribution in [0.2, 0.25) is 0 Å². The van der Waals surface area contributed by atoms with Gasteiger partial charge in [0.15, 0.2) is 5.82 Å². The van der Waals surface area contributed by atoms with E-state index in [1.54, 1.807) is 30.7 Å². The van der Waals surface area contributed by atoms with Crippen LogP contribution in [0.5, 0.6) is 0 Å². The van der Waals surface area contributed by atoms with Crippen molar-refractivity contribution >= 4 is 11.7 Å². The minimum absolute atomic E-state index is 0.00320. The Morgan fingerprint density at radius 3 is 3.00 bits per heavy atom. The lowest BCUT2D eigenvalue weighted by atomic mass is 9.53. The number of rotatable bonds is 4. The quantitative estimate of drug-likeness (QED) is 0.649. The zero-order chi connectivity index (χ0) is 21.6. The molecule has 1 heterocycles. The predicted molar refractivity (Wildman–Crippen MR) is 119 cm³/mol. The Kier molecular flexibility index (Phi) is 5.15. The second-order valence-electron chi connectivity index (χ2n) is 9.88. The average molecular weight is 420 g/mol. The summed E-state index contributed by atoms with van der Waals surface area (Å²) in [5.74, 6) is 2.48. The summed E-state index contributed by atoms with van der Waals surface area (Å²) in [5, 5.41) is 2.86. The third kappa shape index (κ3) is 3.58. The summed E-state index contributed by atoms with van der Waals surface area (Å²) in [6.45, 7) is 6.88. The highest BCUT2D eigenvalue weighted by Gasteiger charge is 2.55. The highest BCUT2D eigenvalue weighted by Crippen LogP contribution is 2.65. The van der Waals surface area contributed by atoms with Crippen molar-refractivity contribution in [3.8, 4) is 0 Å². The van der Waals surface area contributed by atoms with Crippen molar-refractivity contribution in [2.45, 2.75) is 57.8 Å². The number of allylic oxidation sites excluding steroid dienone is 1. The fourth-order valence-corrected chi connectivity index (χ4v) is 6.93. The molecule has 2 saturated carbocycles. The van der Waals surface area contributed by atoms with Crippen LogP contribution in [0.25, 0.3) is 0 Å². The predicted octanol–water partition coefficient (Wildman–Crippen LogP) is 5.67. The van der Waals surface area contributed by atoms with E-state index >= 15 is 0 Å². The second-order valence-corrected chi connectivity index (χ2v) is 9.88. The van der Waals surface area contributed by atoms with E-state index in [-0.39, 0.29) is 17.1 Å². The van der Waals surface area contributed by atoms with Crippen molar-refractivity contribution in [3.63, 3.8) is 0 Å². The number of hydrogen-bond donors (Lipinski definition) is 1. The molecule has 162 valence electrons. The molecule has 5 atom stereocenters. The second kappa shape index (κ2) is 7.85. The maximum absolute atomic E-state index is 13.8. The van der Waals surface area contributed by atoms with Crippen LogP contribution in [0.15, 0.2) is 48.9 Å². The Morgan fingerprint density at radius 2 is 2.19 bits per heavy atom. The fraction of sp³-hybridized carbons (Fsp3) is 0.500. The zero-order valence-corrected chi connectivity index (χ0v) is 18.1. The van der Waals surface area contributed by atoms with Gasteiger partial charge in [-0.2, -0.15) is 0 Å². The monoisotopic (exact) mass is 419 g/mol. The van der Waals surface area contributed by atoms with E-state index in [1.165, 1.54) is 16.7 Å². The third-order valence-electron chi connectivity index (χ3n) is 8.34. The van der Waals surface area contributed by atoms with Crippen LogP contribution < -0.4 is 5.32 Å². The van der Waals surface area contributed by atoms with E-state index in [4.69, 9.17) is 0 Å². The molecular formula is C26H30FN3O. The SMILES string of the molecule is C=C1C[C@@H](CCC(=O)Nc2cnccn2)C2C3CCc4cc(F)ccc4C3CC[C@]12C. The summed E-state index contributed by atoms with van der Waals surface area (Å²) >= 11 is 0. The van der Waals surface area contributed by atoms with Crippen LogP contribution in [0.1, 0.15) is 62.5 Å². The number of carbonyl (C=O) groups excluding carboxylic acids is 1. The van der Waals surface area contributed by atoms with E-state index in [9.17, 15) is 9.18 Å². The number of nitrogens with one attached hydrogen (secondary N) is 1. The van der Waals surface area contributed by atoms with E-state index in [0.717, 1.165) is 38.5 Å². The van der Waals surface area contributed by atoms with Gasteiger partial charge in [-0.05, 0) is 90.9 Å². The molecule has 0 bridgehead atoms. The Morgan fingerprint density at radius 1 is 1.32 bits per heavy atom. The zero-order valence-electron chi connectivity index (χ0n) is 18.1. The fourth-order valence-electron chi connectivity index (χ4n) is 6.93. The number of benzene rings is 1. The molecule has 3 aliphatic carbocycles. The number of nitrogens with zero attached hydrogens (tertiary/aromatic N) is 2. The van der Waals surface area contributed by atoms with Crippen molar-refractivity contribution in [2.24, 2.45) is 23.2 Å². The summed E-state index contributed by atoms with van der Waals surface area (Å²) in [7, 11) is 0.